The Hall–Kier alpha value is -3.57. The molecule has 3 aliphatic rings. The molecule has 218 valence electrons. The van der Waals surface area contributed by atoms with Crippen LogP contribution in [-0.4, -0.2) is 67.6 Å². The first-order chi connectivity index (χ1) is 19.5. The molecular formula is C30H37N5O5S. The van der Waals surface area contributed by atoms with Crippen LogP contribution in [0.3, 0.4) is 0 Å². The molecule has 3 atom stereocenters. The Morgan fingerprint density at radius 2 is 2.05 bits per heavy atom. The number of nitrogens with one attached hydrogen (secondary N) is 2. The van der Waals surface area contributed by atoms with Crippen molar-refractivity contribution in [1.29, 1.82) is 0 Å². The molecule has 2 amide bonds. The van der Waals surface area contributed by atoms with E-state index in [0.29, 0.717) is 43.4 Å². The van der Waals surface area contributed by atoms with Crippen molar-refractivity contribution in [3.05, 3.63) is 46.5 Å². The quantitative estimate of drug-likeness (QED) is 0.423. The summed E-state index contributed by atoms with van der Waals surface area (Å²) in [7, 11) is 0. The molecule has 3 aromatic rings. The standard InChI is InChI=1S/C30H37N5O5S/c1-17-5-8-21-24(31)25(41-27(21)32-17)26(36)33-19-11-18-6-7-20(12-22(18)39-14-19)35-13-23(30(15-35)9-10-38-16-30)34-28(37)40-29(2,3)4/h5-8,12,19,23H,9-11,13-16,31H2,1-4H3,(H,33,36)(H,34,37)/t19-,23+,30-/m1/s1. The van der Waals surface area contributed by atoms with E-state index >= 15 is 0 Å². The fourth-order valence-electron chi connectivity index (χ4n) is 6.00. The molecule has 11 heteroatoms. The van der Waals surface area contributed by atoms with Gasteiger partial charge in [-0.2, -0.15) is 0 Å². The molecule has 0 saturated carbocycles. The van der Waals surface area contributed by atoms with E-state index < -0.39 is 11.7 Å². The molecule has 1 spiro atoms. The highest BCUT2D eigenvalue weighted by Crippen LogP contribution is 2.42. The molecule has 0 unspecified atom stereocenters. The van der Waals surface area contributed by atoms with Gasteiger partial charge in [0.05, 0.1) is 24.4 Å². The molecule has 2 saturated heterocycles. The van der Waals surface area contributed by atoms with Crippen LogP contribution in [0.5, 0.6) is 5.75 Å². The SMILES string of the molecule is Cc1ccc2c(N)c(C(=O)N[C@H]3COc4cc(N5C[C@H](NC(=O)OC(C)(C)C)[C@]6(CCOC6)C5)ccc4C3)sc2n1. The Morgan fingerprint density at radius 1 is 1.22 bits per heavy atom. The van der Waals surface area contributed by atoms with Crippen LogP contribution in [0.25, 0.3) is 10.2 Å². The number of alkyl carbamates (subject to hydrolysis) is 1. The third kappa shape index (κ3) is 5.52. The van der Waals surface area contributed by atoms with Crippen molar-refractivity contribution in [2.75, 3.05) is 43.5 Å². The van der Waals surface area contributed by atoms with Crippen LogP contribution in [0.15, 0.2) is 30.3 Å². The average molecular weight is 580 g/mol. The number of nitrogens with two attached hydrogens (primary N) is 1. The van der Waals surface area contributed by atoms with Crippen molar-refractivity contribution >= 4 is 44.9 Å². The van der Waals surface area contributed by atoms with Gasteiger partial charge in [0.1, 0.15) is 27.7 Å². The summed E-state index contributed by atoms with van der Waals surface area (Å²) in [5.74, 6) is 0.607. The lowest BCUT2D eigenvalue weighted by atomic mass is 9.82. The maximum Gasteiger partial charge on any atom is 0.407 e. The van der Waals surface area contributed by atoms with Crippen molar-refractivity contribution in [3.8, 4) is 5.75 Å². The zero-order valence-electron chi connectivity index (χ0n) is 23.9. The minimum Gasteiger partial charge on any atom is -0.491 e. The Bertz CT molecular complexity index is 1490. The van der Waals surface area contributed by atoms with Crippen LogP contribution in [0.2, 0.25) is 0 Å². The molecule has 41 heavy (non-hydrogen) atoms. The van der Waals surface area contributed by atoms with Gasteiger partial charge >= 0.3 is 6.09 Å². The van der Waals surface area contributed by atoms with Crippen LogP contribution in [-0.2, 0) is 15.9 Å². The number of hydrogen-bond donors (Lipinski definition) is 3. The summed E-state index contributed by atoms with van der Waals surface area (Å²) in [6.07, 6.45) is 1.14. The second kappa shape index (κ2) is 10.4. The van der Waals surface area contributed by atoms with Crippen LogP contribution in [0.1, 0.15) is 48.1 Å². The van der Waals surface area contributed by atoms with E-state index in [1.807, 2.05) is 39.8 Å². The van der Waals surface area contributed by atoms with E-state index in [9.17, 15) is 9.59 Å². The number of amides is 2. The van der Waals surface area contributed by atoms with Crippen molar-refractivity contribution in [2.45, 2.75) is 58.2 Å². The Balaban J connectivity index is 1.13. The molecule has 6 rings (SSSR count). The number of carbonyl (C=O) groups is 2. The number of nitrogens with zero attached hydrogens (tertiary/aromatic N) is 2. The molecule has 5 heterocycles. The number of nitrogen functional groups attached to an aromatic ring is 1. The first-order valence-electron chi connectivity index (χ1n) is 14.0. The van der Waals surface area contributed by atoms with Gasteiger partial charge in [-0.25, -0.2) is 9.78 Å². The minimum atomic E-state index is -0.560. The summed E-state index contributed by atoms with van der Waals surface area (Å²) in [5.41, 5.74) is 8.99. The van der Waals surface area contributed by atoms with Crippen LogP contribution in [0, 0.1) is 12.3 Å². The minimum absolute atomic E-state index is 0.0863. The summed E-state index contributed by atoms with van der Waals surface area (Å²) in [5, 5.41) is 7.02. The molecule has 10 nitrogen and oxygen atoms in total. The first kappa shape index (κ1) is 27.6. The van der Waals surface area contributed by atoms with Crippen LogP contribution < -0.4 is 26.0 Å². The lowest BCUT2D eigenvalue weighted by molar-refractivity contribution is 0.0461. The molecule has 4 N–H and O–H groups in total. The first-order valence-corrected chi connectivity index (χ1v) is 14.9. The van der Waals surface area contributed by atoms with Gasteiger partial charge in [-0.1, -0.05) is 6.07 Å². The van der Waals surface area contributed by atoms with Crippen molar-refractivity contribution < 1.29 is 23.8 Å². The number of anilines is 2. The number of benzene rings is 1. The number of aromatic nitrogens is 1. The number of carbonyl (C=O) groups excluding carboxylic acids is 2. The molecule has 0 radical (unpaired) electrons. The second-order valence-electron chi connectivity index (χ2n) is 12.4. The molecular weight excluding hydrogens is 542 g/mol. The van der Waals surface area contributed by atoms with Crippen molar-refractivity contribution in [3.63, 3.8) is 0 Å². The molecule has 2 fully saturated rings. The van der Waals surface area contributed by atoms with E-state index in [4.69, 9.17) is 19.9 Å². The summed E-state index contributed by atoms with van der Waals surface area (Å²) < 4.78 is 17.5. The number of pyridine rings is 1. The fraction of sp³-hybridized carbons (Fsp3) is 0.500. The van der Waals surface area contributed by atoms with Crippen molar-refractivity contribution in [1.82, 2.24) is 15.6 Å². The Kier molecular flexibility index (Phi) is 6.97. The molecule has 3 aliphatic heterocycles. The summed E-state index contributed by atoms with van der Waals surface area (Å²) in [4.78, 5) is 33.8. The van der Waals surface area contributed by atoms with E-state index in [-0.39, 0.29) is 23.4 Å². The van der Waals surface area contributed by atoms with Gasteiger partial charge in [0.15, 0.2) is 0 Å². The third-order valence-corrected chi connectivity index (χ3v) is 9.18. The number of thiophene rings is 1. The zero-order chi connectivity index (χ0) is 28.9. The second-order valence-corrected chi connectivity index (χ2v) is 13.4. The van der Waals surface area contributed by atoms with E-state index in [2.05, 4.69) is 38.7 Å². The number of ether oxygens (including phenoxy) is 3. The summed E-state index contributed by atoms with van der Waals surface area (Å²) in [6.45, 7) is 10.6. The number of hydrogen-bond acceptors (Lipinski definition) is 9. The maximum absolute atomic E-state index is 13.1. The van der Waals surface area contributed by atoms with Gasteiger partial charge in [-0.05, 0) is 64.3 Å². The summed E-state index contributed by atoms with van der Waals surface area (Å²) in [6, 6.07) is 9.76. The molecule has 0 aliphatic carbocycles. The molecule has 2 aromatic heterocycles. The Labute approximate surface area is 243 Å². The van der Waals surface area contributed by atoms with Gasteiger partial charge in [0.2, 0.25) is 0 Å². The number of fused-ring (bicyclic) bond motifs is 2. The largest absolute Gasteiger partial charge is 0.491 e. The van der Waals surface area contributed by atoms with E-state index in [0.717, 1.165) is 45.9 Å². The van der Waals surface area contributed by atoms with Gasteiger partial charge in [0, 0.05) is 47.9 Å². The highest BCUT2D eigenvalue weighted by atomic mass is 32.1. The van der Waals surface area contributed by atoms with Gasteiger partial charge in [-0.15, -0.1) is 11.3 Å². The average Bonchev–Trinajstić information content (AvgIpc) is 3.61. The van der Waals surface area contributed by atoms with Crippen LogP contribution >= 0.6 is 11.3 Å². The molecule has 1 aromatic carbocycles. The van der Waals surface area contributed by atoms with E-state index in [1.165, 1.54) is 11.3 Å². The summed E-state index contributed by atoms with van der Waals surface area (Å²) >= 11 is 1.31. The predicted octanol–water partition coefficient (Wildman–Crippen LogP) is 4.04. The lowest BCUT2D eigenvalue weighted by Crippen LogP contribution is -2.49. The zero-order valence-corrected chi connectivity index (χ0v) is 24.7. The van der Waals surface area contributed by atoms with Gasteiger partial charge in [0.25, 0.3) is 5.91 Å². The van der Waals surface area contributed by atoms with Gasteiger partial charge in [-0.3, -0.25) is 4.79 Å². The predicted molar refractivity (Wildman–Crippen MR) is 159 cm³/mol. The van der Waals surface area contributed by atoms with E-state index in [1.54, 1.807) is 0 Å². The van der Waals surface area contributed by atoms with Gasteiger partial charge < -0.3 is 35.5 Å². The Morgan fingerprint density at radius 3 is 2.80 bits per heavy atom. The number of aryl methyl sites for hydroxylation is 1. The van der Waals surface area contributed by atoms with Crippen LogP contribution in [0.4, 0.5) is 16.2 Å². The number of rotatable bonds is 4. The normalized spacial score (nSPS) is 23.9. The monoisotopic (exact) mass is 579 g/mol. The highest BCUT2D eigenvalue weighted by molar-refractivity contribution is 7.21. The maximum atomic E-state index is 13.1. The fourth-order valence-corrected chi connectivity index (χ4v) is 7.04. The lowest BCUT2D eigenvalue weighted by Gasteiger charge is -2.30. The smallest absolute Gasteiger partial charge is 0.407 e. The third-order valence-electron chi connectivity index (χ3n) is 8.07. The van der Waals surface area contributed by atoms with Crippen molar-refractivity contribution in [2.24, 2.45) is 5.41 Å². The topological polar surface area (TPSA) is 128 Å². The highest BCUT2D eigenvalue weighted by Gasteiger charge is 2.50. The molecule has 0 bridgehead atoms.